The number of aryl methyl sites for hydroxylation is 2. The van der Waals surface area contributed by atoms with Crippen LogP contribution in [-0.4, -0.2) is 32.7 Å². The van der Waals surface area contributed by atoms with Crippen molar-refractivity contribution in [3.63, 3.8) is 0 Å². The van der Waals surface area contributed by atoms with E-state index in [9.17, 15) is 9.90 Å². The summed E-state index contributed by atoms with van der Waals surface area (Å²) >= 11 is 0. The van der Waals surface area contributed by atoms with E-state index >= 15 is 0 Å². The summed E-state index contributed by atoms with van der Waals surface area (Å²) in [4.78, 5) is 21.1. The van der Waals surface area contributed by atoms with Crippen LogP contribution in [0.5, 0.6) is 0 Å². The highest BCUT2D eigenvalue weighted by Crippen LogP contribution is 2.44. The number of unbranched alkanes of at least 4 members (excludes halogenated alkanes) is 1. The summed E-state index contributed by atoms with van der Waals surface area (Å²) in [5, 5.41) is 20.3. The van der Waals surface area contributed by atoms with E-state index in [1.54, 1.807) is 0 Å². The van der Waals surface area contributed by atoms with E-state index in [-0.39, 0.29) is 0 Å². The first-order valence-electron chi connectivity index (χ1n) is 11.1. The third-order valence-electron chi connectivity index (χ3n) is 6.16. The Morgan fingerprint density at radius 1 is 1.19 bits per heavy atom. The summed E-state index contributed by atoms with van der Waals surface area (Å²) < 4.78 is 5.33. The number of hydrogen-bond acceptors (Lipinski definition) is 7. The van der Waals surface area contributed by atoms with Gasteiger partial charge >= 0.3 is 5.97 Å². The van der Waals surface area contributed by atoms with Gasteiger partial charge in [0, 0.05) is 18.3 Å². The monoisotopic (exact) mass is 435 g/mol. The smallest absolute Gasteiger partial charge is 0.314 e. The normalized spacial score (nSPS) is 14.6. The Morgan fingerprint density at radius 2 is 1.94 bits per heavy atom. The van der Waals surface area contributed by atoms with Crippen LogP contribution in [0.2, 0.25) is 0 Å². The largest absolute Gasteiger partial charge is 0.481 e. The topological polar surface area (TPSA) is 113 Å². The summed E-state index contributed by atoms with van der Waals surface area (Å²) in [7, 11) is 0. The zero-order valence-electron chi connectivity index (χ0n) is 18.7. The molecule has 8 heteroatoms. The maximum absolute atomic E-state index is 11.8. The average Bonchev–Trinajstić information content (AvgIpc) is 3.06. The fraction of sp³-hybridized carbons (Fsp3) is 0.417. The molecular weight excluding hydrogens is 406 g/mol. The van der Waals surface area contributed by atoms with Gasteiger partial charge in [0.1, 0.15) is 11.6 Å². The molecule has 3 aromatic rings. The van der Waals surface area contributed by atoms with Gasteiger partial charge in [-0.2, -0.15) is 4.98 Å². The molecule has 1 aromatic carbocycles. The van der Waals surface area contributed by atoms with Gasteiger partial charge in [0.05, 0.1) is 22.4 Å². The number of carbonyl (C=O) groups is 1. The van der Waals surface area contributed by atoms with Gasteiger partial charge < -0.3 is 20.3 Å². The molecule has 0 spiro atoms. The standard InChI is InChI=1S/C24H29N5O3/c1-4-5-13-25-20-14-19(21-15(2)29-32-16(21)3)27-23(28-20)26-18-9-7-17(8-10-18)24(22(30)31)11-6-12-24/h7-10,14H,4-6,11-13H2,1-3H3,(H,30,31)(H2,25,26,27,28). The van der Waals surface area contributed by atoms with Gasteiger partial charge in [0.15, 0.2) is 0 Å². The van der Waals surface area contributed by atoms with Crippen LogP contribution in [0.4, 0.5) is 17.5 Å². The van der Waals surface area contributed by atoms with Crippen molar-refractivity contribution in [2.24, 2.45) is 0 Å². The lowest BCUT2D eigenvalue weighted by atomic mass is 9.64. The molecule has 2 heterocycles. The molecule has 1 saturated carbocycles. The van der Waals surface area contributed by atoms with Crippen molar-refractivity contribution in [1.82, 2.24) is 15.1 Å². The molecule has 3 N–H and O–H groups in total. The van der Waals surface area contributed by atoms with Crippen LogP contribution in [0.25, 0.3) is 11.3 Å². The molecule has 0 aliphatic heterocycles. The quantitative estimate of drug-likeness (QED) is 0.393. The Hall–Kier alpha value is -3.42. The molecule has 0 amide bonds. The number of hydrogen-bond donors (Lipinski definition) is 3. The minimum absolute atomic E-state index is 0.450. The Bertz CT molecular complexity index is 1080. The highest BCUT2D eigenvalue weighted by atomic mass is 16.5. The zero-order chi connectivity index (χ0) is 22.7. The zero-order valence-corrected chi connectivity index (χ0v) is 18.7. The van der Waals surface area contributed by atoms with Crippen molar-refractivity contribution in [3.05, 3.63) is 47.3 Å². The van der Waals surface area contributed by atoms with Crippen molar-refractivity contribution in [2.75, 3.05) is 17.2 Å². The van der Waals surface area contributed by atoms with E-state index in [2.05, 4.69) is 27.7 Å². The molecule has 1 fully saturated rings. The van der Waals surface area contributed by atoms with E-state index in [1.165, 1.54) is 0 Å². The van der Waals surface area contributed by atoms with Crippen LogP contribution in [-0.2, 0) is 10.2 Å². The summed E-state index contributed by atoms with van der Waals surface area (Å²) in [6.07, 6.45) is 4.45. The summed E-state index contributed by atoms with van der Waals surface area (Å²) in [5.41, 5.74) is 3.26. The van der Waals surface area contributed by atoms with E-state index in [0.717, 1.165) is 59.8 Å². The van der Waals surface area contributed by atoms with Crippen LogP contribution in [0.1, 0.15) is 56.0 Å². The summed E-state index contributed by atoms with van der Waals surface area (Å²) in [6, 6.07) is 9.44. The minimum atomic E-state index is -0.747. The predicted molar refractivity (Wildman–Crippen MR) is 123 cm³/mol. The van der Waals surface area contributed by atoms with Gasteiger partial charge in [0.2, 0.25) is 5.95 Å². The molecule has 0 unspecified atom stereocenters. The first-order chi connectivity index (χ1) is 15.4. The van der Waals surface area contributed by atoms with Crippen molar-refractivity contribution in [2.45, 2.75) is 58.3 Å². The van der Waals surface area contributed by atoms with Crippen LogP contribution in [0, 0.1) is 13.8 Å². The number of carboxylic acid groups (broad SMARTS) is 1. The summed E-state index contributed by atoms with van der Waals surface area (Å²) in [5.74, 6) is 1.13. The molecular formula is C24H29N5O3. The van der Waals surface area contributed by atoms with Gasteiger partial charge in [-0.3, -0.25) is 4.79 Å². The second kappa shape index (κ2) is 8.98. The van der Waals surface area contributed by atoms with Gasteiger partial charge in [-0.15, -0.1) is 0 Å². The average molecular weight is 436 g/mol. The lowest BCUT2D eigenvalue weighted by molar-refractivity contribution is -0.147. The van der Waals surface area contributed by atoms with Gasteiger partial charge in [0.25, 0.3) is 0 Å². The molecule has 0 radical (unpaired) electrons. The van der Waals surface area contributed by atoms with E-state index in [4.69, 9.17) is 9.51 Å². The second-order valence-corrected chi connectivity index (χ2v) is 8.38. The minimum Gasteiger partial charge on any atom is -0.481 e. The second-order valence-electron chi connectivity index (χ2n) is 8.38. The van der Waals surface area contributed by atoms with Crippen molar-refractivity contribution in [1.29, 1.82) is 0 Å². The highest BCUT2D eigenvalue weighted by Gasteiger charge is 2.45. The third kappa shape index (κ3) is 4.17. The fourth-order valence-corrected chi connectivity index (χ4v) is 4.12. The molecule has 168 valence electrons. The summed E-state index contributed by atoms with van der Waals surface area (Å²) in [6.45, 7) is 6.72. The molecule has 32 heavy (non-hydrogen) atoms. The highest BCUT2D eigenvalue weighted by molar-refractivity contribution is 5.83. The van der Waals surface area contributed by atoms with Crippen molar-refractivity contribution in [3.8, 4) is 11.3 Å². The molecule has 4 rings (SSSR count). The number of aromatic nitrogens is 3. The Kier molecular flexibility index (Phi) is 6.12. The van der Waals surface area contributed by atoms with Crippen LogP contribution < -0.4 is 10.6 Å². The van der Waals surface area contributed by atoms with Crippen LogP contribution >= 0.6 is 0 Å². The Labute approximate surface area is 187 Å². The molecule has 2 aromatic heterocycles. The molecule has 0 saturated heterocycles. The number of nitrogens with zero attached hydrogens (tertiary/aromatic N) is 3. The fourth-order valence-electron chi connectivity index (χ4n) is 4.12. The maximum atomic E-state index is 11.8. The predicted octanol–water partition coefficient (Wildman–Crippen LogP) is 5.21. The SMILES string of the molecule is CCCCNc1cc(-c2c(C)noc2C)nc(Nc2ccc(C3(C(=O)O)CCC3)cc2)n1. The Balaban J connectivity index is 1.61. The van der Waals surface area contributed by atoms with Crippen LogP contribution in [0.15, 0.2) is 34.9 Å². The molecule has 1 aliphatic rings. The number of rotatable bonds is 9. The van der Waals surface area contributed by atoms with Gasteiger partial charge in [-0.1, -0.05) is 37.1 Å². The third-order valence-corrected chi connectivity index (χ3v) is 6.16. The lowest BCUT2D eigenvalue weighted by Crippen LogP contribution is -2.42. The van der Waals surface area contributed by atoms with Crippen molar-refractivity contribution >= 4 is 23.4 Å². The number of aliphatic carboxylic acids is 1. The number of anilines is 3. The van der Waals surface area contributed by atoms with Gasteiger partial charge in [-0.25, -0.2) is 4.98 Å². The number of nitrogens with one attached hydrogen (secondary N) is 2. The Morgan fingerprint density at radius 3 is 2.50 bits per heavy atom. The first kappa shape index (κ1) is 21.8. The molecule has 0 atom stereocenters. The van der Waals surface area contributed by atoms with E-state index < -0.39 is 11.4 Å². The molecule has 8 nitrogen and oxygen atoms in total. The number of carboxylic acids is 1. The van der Waals surface area contributed by atoms with Crippen molar-refractivity contribution < 1.29 is 14.4 Å². The molecule has 1 aliphatic carbocycles. The maximum Gasteiger partial charge on any atom is 0.314 e. The van der Waals surface area contributed by atoms with E-state index in [0.29, 0.717) is 24.6 Å². The van der Waals surface area contributed by atoms with Crippen LogP contribution in [0.3, 0.4) is 0 Å². The van der Waals surface area contributed by atoms with E-state index in [1.807, 2.05) is 44.2 Å². The molecule has 0 bridgehead atoms. The van der Waals surface area contributed by atoms with Gasteiger partial charge in [-0.05, 0) is 50.8 Å². The number of benzene rings is 1. The lowest BCUT2D eigenvalue weighted by Gasteiger charge is -2.38. The first-order valence-corrected chi connectivity index (χ1v) is 11.1.